The standard InChI is InChI=1S/C12H11N3/c1-10-5-6-14-15(10)9-12-4-2-3-11(7-12)8-13/h2-7H,9H2,1H3. The van der Waals surface area contributed by atoms with Crippen LogP contribution in [0.5, 0.6) is 0 Å². The molecule has 3 heteroatoms. The quantitative estimate of drug-likeness (QED) is 0.739. The largest absolute Gasteiger partial charge is 0.265 e. The summed E-state index contributed by atoms with van der Waals surface area (Å²) in [4.78, 5) is 0. The zero-order valence-corrected chi connectivity index (χ0v) is 8.51. The van der Waals surface area contributed by atoms with Gasteiger partial charge in [0, 0.05) is 11.9 Å². The molecule has 2 rings (SSSR count). The second kappa shape index (κ2) is 3.97. The number of aryl methyl sites for hydroxylation is 1. The second-order valence-electron chi connectivity index (χ2n) is 3.44. The van der Waals surface area contributed by atoms with Crippen molar-refractivity contribution in [3.05, 3.63) is 53.3 Å². The molecule has 1 aromatic heterocycles. The molecule has 0 aliphatic heterocycles. The minimum absolute atomic E-state index is 0.692. The fraction of sp³-hybridized carbons (Fsp3) is 0.167. The molecule has 74 valence electrons. The van der Waals surface area contributed by atoms with Crippen LogP contribution >= 0.6 is 0 Å². The Hall–Kier alpha value is -2.08. The zero-order chi connectivity index (χ0) is 10.7. The molecule has 1 heterocycles. The highest BCUT2D eigenvalue weighted by atomic mass is 15.3. The number of aromatic nitrogens is 2. The van der Waals surface area contributed by atoms with E-state index < -0.39 is 0 Å². The minimum Gasteiger partial charge on any atom is -0.265 e. The lowest BCUT2D eigenvalue weighted by Gasteiger charge is -2.04. The monoisotopic (exact) mass is 197 g/mol. The first-order valence-corrected chi connectivity index (χ1v) is 4.77. The van der Waals surface area contributed by atoms with Gasteiger partial charge in [0.2, 0.25) is 0 Å². The van der Waals surface area contributed by atoms with E-state index in [0.29, 0.717) is 12.1 Å². The Balaban J connectivity index is 2.25. The molecule has 3 nitrogen and oxygen atoms in total. The van der Waals surface area contributed by atoms with Gasteiger partial charge in [-0.1, -0.05) is 12.1 Å². The first kappa shape index (κ1) is 9.47. The van der Waals surface area contributed by atoms with E-state index in [2.05, 4.69) is 11.2 Å². The Morgan fingerprint density at radius 2 is 2.27 bits per heavy atom. The van der Waals surface area contributed by atoms with E-state index in [0.717, 1.165) is 11.3 Å². The van der Waals surface area contributed by atoms with Crippen molar-refractivity contribution in [1.82, 2.24) is 9.78 Å². The molecule has 2 aromatic rings. The van der Waals surface area contributed by atoms with Gasteiger partial charge in [-0.25, -0.2) is 0 Å². The topological polar surface area (TPSA) is 41.6 Å². The highest BCUT2D eigenvalue weighted by molar-refractivity contribution is 5.32. The maximum Gasteiger partial charge on any atom is 0.0991 e. The van der Waals surface area contributed by atoms with Gasteiger partial charge in [-0.2, -0.15) is 10.4 Å². The van der Waals surface area contributed by atoms with E-state index in [1.807, 2.05) is 35.9 Å². The summed E-state index contributed by atoms with van der Waals surface area (Å²) in [5, 5.41) is 13.0. The Morgan fingerprint density at radius 1 is 1.40 bits per heavy atom. The number of hydrogen-bond acceptors (Lipinski definition) is 2. The molecule has 0 spiro atoms. The molecule has 0 saturated heterocycles. The van der Waals surface area contributed by atoms with Gasteiger partial charge < -0.3 is 0 Å². The van der Waals surface area contributed by atoms with Crippen molar-refractivity contribution in [3.63, 3.8) is 0 Å². The normalized spacial score (nSPS) is 9.87. The summed E-state index contributed by atoms with van der Waals surface area (Å²) in [5.74, 6) is 0. The van der Waals surface area contributed by atoms with Crippen molar-refractivity contribution in [2.75, 3.05) is 0 Å². The van der Waals surface area contributed by atoms with Gasteiger partial charge in [0.15, 0.2) is 0 Å². The van der Waals surface area contributed by atoms with Crippen molar-refractivity contribution in [2.45, 2.75) is 13.5 Å². The fourth-order valence-corrected chi connectivity index (χ4v) is 1.48. The molecular weight excluding hydrogens is 186 g/mol. The van der Waals surface area contributed by atoms with Crippen LogP contribution in [0, 0.1) is 18.3 Å². The van der Waals surface area contributed by atoms with Gasteiger partial charge in [0.25, 0.3) is 0 Å². The van der Waals surface area contributed by atoms with E-state index in [1.165, 1.54) is 0 Å². The van der Waals surface area contributed by atoms with Crippen LogP contribution < -0.4 is 0 Å². The third kappa shape index (κ3) is 2.05. The molecule has 0 bridgehead atoms. The SMILES string of the molecule is Cc1ccnn1Cc1cccc(C#N)c1. The lowest BCUT2D eigenvalue weighted by molar-refractivity contribution is 0.665. The summed E-state index contributed by atoms with van der Waals surface area (Å²) in [6.45, 7) is 2.73. The average molecular weight is 197 g/mol. The first-order valence-electron chi connectivity index (χ1n) is 4.77. The maximum absolute atomic E-state index is 8.77. The van der Waals surface area contributed by atoms with Crippen molar-refractivity contribution in [1.29, 1.82) is 5.26 Å². The predicted molar refractivity (Wildman–Crippen MR) is 57.2 cm³/mol. The lowest BCUT2D eigenvalue weighted by Crippen LogP contribution is -2.03. The van der Waals surface area contributed by atoms with Gasteiger partial charge >= 0.3 is 0 Å². The molecule has 0 amide bonds. The molecule has 0 aliphatic carbocycles. The molecule has 0 fully saturated rings. The number of nitrogens with zero attached hydrogens (tertiary/aromatic N) is 3. The van der Waals surface area contributed by atoms with E-state index in [9.17, 15) is 0 Å². The van der Waals surface area contributed by atoms with Gasteiger partial charge in [-0.05, 0) is 30.7 Å². The molecule has 0 radical (unpaired) electrons. The van der Waals surface area contributed by atoms with Gasteiger partial charge in [0.05, 0.1) is 18.2 Å². The molecule has 0 N–H and O–H groups in total. The van der Waals surface area contributed by atoms with Crippen molar-refractivity contribution in [3.8, 4) is 6.07 Å². The zero-order valence-electron chi connectivity index (χ0n) is 8.51. The van der Waals surface area contributed by atoms with Crippen LogP contribution in [0.2, 0.25) is 0 Å². The first-order chi connectivity index (χ1) is 7.29. The molecular formula is C12H11N3. The van der Waals surface area contributed by atoms with E-state index >= 15 is 0 Å². The van der Waals surface area contributed by atoms with Crippen molar-refractivity contribution < 1.29 is 0 Å². The summed E-state index contributed by atoms with van der Waals surface area (Å²) in [6, 6.07) is 11.7. The van der Waals surface area contributed by atoms with Crippen LogP contribution in [0.25, 0.3) is 0 Å². The van der Waals surface area contributed by atoms with Crippen LogP contribution in [0.3, 0.4) is 0 Å². The van der Waals surface area contributed by atoms with Gasteiger partial charge in [-0.3, -0.25) is 4.68 Å². The second-order valence-corrected chi connectivity index (χ2v) is 3.44. The number of benzene rings is 1. The highest BCUT2D eigenvalue weighted by Gasteiger charge is 1.99. The van der Waals surface area contributed by atoms with Crippen LogP contribution in [0.15, 0.2) is 36.5 Å². The van der Waals surface area contributed by atoms with Crippen LogP contribution in [0.1, 0.15) is 16.8 Å². The lowest BCUT2D eigenvalue weighted by atomic mass is 10.1. The highest BCUT2D eigenvalue weighted by Crippen LogP contribution is 2.07. The molecule has 0 aliphatic rings. The number of hydrogen-bond donors (Lipinski definition) is 0. The summed E-state index contributed by atoms with van der Waals surface area (Å²) >= 11 is 0. The van der Waals surface area contributed by atoms with Crippen molar-refractivity contribution >= 4 is 0 Å². The molecule has 0 atom stereocenters. The smallest absolute Gasteiger partial charge is 0.0991 e. The van der Waals surface area contributed by atoms with Gasteiger partial charge in [-0.15, -0.1) is 0 Å². The Kier molecular flexibility index (Phi) is 2.51. The fourth-order valence-electron chi connectivity index (χ4n) is 1.48. The van der Waals surface area contributed by atoms with E-state index in [1.54, 1.807) is 12.3 Å². The summed E-state index contributed by atoms with van der Waals surface area (Å²) in [6.07, 6.45) is 1.78. The van der Waals surface area contributed by atoms with Gasteiger partial charge in [0.1, 0.15) is 0 Å². The van der Waals surface area contributed by atoms with E-state index in [-0.39, 0.29) is 0 Å². The minimum atomic E-state index is 0.692. The van der Waals surface area contributed by atoms with Crippen molar-refractivity contribution in [2.24, 2.45) is 0 Å². The molecule has 0 unspecified atom stereocenters. The molecule has 1 aromatic carbocycles. The average Bonchev–Trinajstić information content (AvgIpc) is 2.65. The summed E-state index contributed by atoms with van der Waals surface area (Å²) in [5.41, 5.74) is 2.91. The Labute approximate surface area is 88.6 Å². The number of nitriles is 1. The van der Waals surface area contributed by atoms with Crippen LogP contribution in [-0.2, 0) is 6.54 Å². The summed E-state index contributed by atoms with van der Waals surface area (Å²) < 4.78 is 1.91. The number of rotatable bonds is 2. The summed E-state index contributed by atoms with van der Waals surface area (Å²) in [7, 11) is 0. The van der Waals surface area contributed by atoms with Crippen LogP contribution in [-0.4, -0.2) is 9.78 Å². The van der Waals surface area contributed by atoms with E-state index in [4.69, 9.17) is 5.26 Å². The predicted octanol–water partition coefficient (Wildman–Crippen LogP) is 2.11. The van der Waals surface area contributed by atoms with Crippen LogP contribution in [0.4, 0.5) is 0 Å². The Bertz CT molecular complexity index is 506. The molecule has 0 saturated carbocycles. The maximum atomic E-state index is 8.77. The molecule has 15 heavy (non-hydrogen) atoms. The third-order valence-electron chi connectivity index (χ3n) is 2.32. The third-order valence-corrected chi connectivity index (χ3v) is 2.32. The Morgan fingerprint density at radius 3 is 2.93 bits per heavy atom.